The van der Waals surface area contributed by atoms with Gasteiger partial charge in [0.2, 0.25) is 0 Å². The number of nitrogens with two attached hydrogens (primary N) is 1. The highest BCUT2D eigenvalue weighted by Crippen LogP contribution is 2.22. The van der Waals surface area contributed by atoms with Gasteiger partial charge in [-0.25, -0.2) is 0 Å². The second-order valence-corrected chi connectivity index (χ2v) is 5.61. The largest absolute Gasteiger partial charge is 0.370 e. The number of hydrogen-bond acceptors (Lipinski definition) is 1. The molecule has 0 saturated heterocycles. The summed E-state index contributed by atoms with van der Waals surface area (Å²) in [5.41, 5.74) is 9.66. The van der Waals surface area contributed by atoms with E-state index in [1.165, 1.54) is 22.0 Å². The van der Waals surface area contributed by atoms with Crippen LogP contribution in [-0.2, 0) is 6.42 Å². The Bertz CT molecular complexity index is 596. The number of nitrogens with one attached hydrogen (secondary N) is 2. The molecule has 0 bridgehead atoms. The van der Waals surface area contributed by atoms with Gasteiger partial charge in [0, 0.05) is 30.2 Å². The molecule has 0 aliphatic heterocycles. The van der Waals surface area contributed by atoms with Crippen molar-refractivity contribution in [3.05, 3.63) is 35.5 Å². The fraction of sp³-hybridized carbons (Fsp3) is 0.438. The van der Waals surface area contributed by atoms with Crippen molar-refractivity contribution in [2.24, 2.45) is 16.6 Å². The average Bonchev–Trinajstić information content (AvgIpc) is 2.81. The van der Waals surface area contributed by atoms with E-state index in [0.29, 0.717) is 11.9 Å². The fourth-order valence-corrected chi connectivity index (χ4v) is 2.31. The number of H-pyrrole nitrogens is 1. The van der Waals surface area contributed by atoms with E-state index < -0.39 is 0 Å². The number of fused-ring (bicyclic) bond motifs is 1. The normalized spacial score (nSPS) is 12.3. The maximum Gasteiger partial charge on any atom is 0.188 e. The molecular weight excluding hydrogens is 248 g/mol. The minimum atomic E-state index is 0.534. The highest BCUT2D eigenvalue weighted by molar-refractivity contribution is 5.86. The first kappa shape index (κ1) is 14.4. The number of aromatic amines is 1. The number of aliphatic imine (C=N–C) groups is 1. The molecule has 0 aliphatic carbocycles. The first-order valence-corrected chi connectivity index (χ1v) is 7.17. The van der Waals surface area contributed by atoms with Gasteiger partial charge in [0.25, 0.3) is 0 Å². The van der Waals surface area contributed by atoms with E-state index in [1.54, 1.807) is 0 Å². The molecular formula is C16H24N4. The zero-order valence-corrected chi connectivity index (χ0v) is 12.5. The maximum absolute atomic E-state index is 5.84. The molecule has 108 valence electrons. The molecule has 0 atom stereocenters. The standard InChI is InChI=1S/C16H24N4/c1-11(2)9-20-16(17)18-8-7-13-10-19-14-6-4-5-12(3)15(13)14/h4-6,10-11,19H,7-9H2,1-3H3,(H3,17,18,20). The van der Waals surface area contributed by atoms with E-state index in [1.807, 2.05) is 0 Å². The van der Waals surface area contributed by atoms with Gasteiger partial charge < -0.3 is 16.0 Å². The van der Waals surface area contributed by atoms with E-state index in [-0.39, 0.29) is 0 Å². The summed E-state index contributed by atoms with van der Waals surface area (Å²) in [6, 6.07) is 6.33. The molecule has 4 heteroatoms. The summed E-state index contributed by atoms with van der Waals surface area (Å²) < 4.78 is 0. The highest BCUT2D eigenvalue weighted by Gasteiger charge is 2.05. The van der Waals surface area contributed by atoms with Gasteiger partial charge in [0.15, 0.2) is 5.96 Å². The molecule has 1 aromatic heterocycles. The summed E-state index contributed by atoms with van der Waals surface area (Å²) in [5, 5.41) is 4.50. The summed E-state index contributed by atoms with van der Waals surface area (Å²) in [5.74, 6) is 1.07. The lowest BCUT2D eigenvalue weighted by molar-refractivity contribution is 0.661. The number of hydrogen-bond donors (Lipinski definition) is 3. The summed E-state index contributed by atoms with van der Waals surface area (Å²) in [6.07, 6.45) is 3.02. The van der Waals surface area contributed by atoms with Crippen LogP contribution in [0.2, 0.25) is 0 Å². The number of aromatic nitrogens is 1. The van der Waals surface area contributed by atoms with E-state index in [9.17, 15) is 0 Å². The Hall–Kier alpha value is -1.97. The molecule has 1 heterocycles. The van der Waals surface area contributed by atoms with Gasteiger partial charge in [-0.15, -0.1) is 0 Å². The minimum absolute atomic E-state index is 0.534. The van der Waals surface area contributed by atoms with E-state index in [0.717, 1.165) is 19.5 Å². The van der Waals surface area contributed by atoms with Crippen LogP contribution in [0.5, 0.6) is 0 Å². The Morgan fingerprint density at radius 1 is 1.40 bits per heavy atom. The van der Waals surface area contributed by atoms with Crippen LogP contribution in [0.3, 0.4) is 0 Å². The van der Waals surface area contributed by atoms with Gasteiger partial charge in [-0.2, -0.15) is 0 Å². The molecule has 2 rings (SSSR count). The molecule has 0 saturated carbocycles. The van der Waals surface area contributed by atoms with Crippen LogP contribution in [-0.4, -0.2) is 24.0 Å². The van der Waals surface area contributed by atoms with Crippen LogP contribution < -0.4 is 11.1 Å². The number of rotatable bonds is 5. The van der Waals surface area contributed by atoms with E-state index in [4.69, 9.17) is 5.73 Å². The van der Waals surface area contributed by atoms with Crippen LogP contribution in [0.15, 0.2) is 29.4 Å². The lowest BCUT2D eigenvalue weighted by Gasteiger charge is -2.07. The summed E-state index contributed by atoms with van der Waals surface area (Å²) in [7, 11) is 0. The van der Waals surface area contributed by atoms with Gasteiger partial charge in [0.05, 0.1) is 0 Å². The van der Waals surface area contributed by atoms with Crippen molar-refractivity contribution in [2.75, 3.05) is 13.1 Å². The fourth-order valence-electron chi connectivity index (χ4n) is 2.31. The smallest absolute Gasteiger partial charge is 0.188 e. The van der Waals surface area contributed by atoms with Crippen LogP contribution in [0.4, 0.5) is 0 Å². The second kappa shape index (κ2) is 6.46. The Kier molecular flexibility index (Phi) is 4.66. The Morgan fingerprint density at radius 3 is 2.95 bits per heavy atom. The summed E-state index contributed by atoms with van der Waals surface area (Å²) in [6.45, 7) is 7.97. The van der Waals surface area contributed by atoms with Crippen molar-refractivity contribution >= 4 is 16.9 Å². The average molecular weight is 272 g/mol. The molecule has 4 nitrogen and oxygen atoms in total. The first-order valence-electron chi connectivity index (χ1n) is 7.17. The Labute approximate surface area is 120 Å². The molecule has 0 spiro atoms. The minimum Gasteiger partial charge on any atom is -0.370 e. The van der Waals surface area contributed by atoms with Gasteiger partial charge in [-0.1, -0.05) is 26.0 Å². The van der Waals surface area contributed by atoms with E-state index in [2.05, 4.69) is 60.5 Å². The van der Waals surface area contributed by atoms with Crippen LogP contribution in [0, 0.1) is 12.8 Å². The molecule has 0 unspecified atom stereocenters. The van der Waals surface area contributed by atoms with Gasteiger partial charge in [-0.3, -0.25) is 4.99 Å². The molecule has 4 N–H and O–H groups in total. The van der Waals surface area contributed by atoms with Crippen molar-refractivity contribution < 1.29 is 0 Å². The zero-order valence-electron chi connectivity index (χ0n) is 12.5. The molecule has 1 aromatic carbocycles. The number of guanidine groups is 1. The lowest BCUT2D eigenvalue weighted by Crippen LogP contribution is -2.33. The molecule has 0 aliphatic rings. The van der Waals surface area contributed by atoms with Crippen molar-refractivity contribution in [3.8, 4) is 0 Å². The van der Waals surface area contributed by atoms with Gasteiger partial charge >= 0.3 is 0 Å². The summed E-state index contributed by atoms with van der Waals surface area (Å²) >= 11 is 0. The van der Waals surface area contributed by atoms with E-state index >= 15 is 0 Å². The molecule has 0 amide bonds. The Morgan fingerprint density at radius 2 is 2.20 bits per heavy atom. The third-order valence-electron chi connectivity index (χ3n) is 3.32. The van der Waals surface area contributed by atoms with Crippen molar-refractivity contribution in [1.29, 1.82) is 0 Å². The van der Waals surface area contributed by atoms with Gasteiger partial charge in [0.1, 0.15) is 0 Å². The van der Waals surface area contributed by atoms with Crippen LogP contribution in [0.25, 0.3) is 10.9 Å². The predicted octanol–water partition coefficient (Wildman–Crippen LogP) is 2.58. The maximum atomic E-state index is 5.84. The second-order valence-electron chi connectivity index (χ2n) is 5.61. The number of nitrogens with zero attached hydrogens (tertiary/aromatic N) is 1. The third-order valence-corrected chi connectivity index (χ3v) is 3.32. The first-order chi connectivity index (χ1) is 9.58. The molecule has 0 fully saturated rings. The highest BCUT2D eigenvalue weighted by atomic mass is 15.1. The topological polar surface area (TPSA) is 66.2 Å². The molecule has 0 radical (unpaired) electrons. The number of benzene rings is 1. The van der Waals surface area contributed by atoms with Gasteiger partial charge in [-0.05, 0) is 36.5 Å². The molecule has 20 heavy (non-hydrogen) atoms. The lowest BCUT2D eigenvalue weighted by atomic mass is 10.1. The molecule has 2 aromatic rings. The SMILES string of the molecule is Cc1cccc2[nH]cc(CCNC(N)=NCC(C)C)c12. The predicted molar refractivity (Wildman–Crippen MR) is 86.1 cm³/mol. The van der Waals surface area contributed by atoms with Crippen molar-refractivity contribution in [1.82, 2.24) is 10.3 Å². The monoisotopic (exact) mass is 272 g/mol. The van der Waals surface area contributed by atoms with Crippen LogP contribution in [0.1, 0.15) is 25.0 Å². The number of aryl methyl sites for hydroxylation is 1. The zero-order chi connectivity index (χ0) is 14.5. The third kappa shape index (κ3) is 3.53. The van der Waals surface area contributed by atoms with Crippen molar-refractivity contribution in [2.45, 2.75) is 27.2 Å². The quantitative estimate of drug-likeness (QED) is 0.578. The van der Waals surface area contributed by atoms with Crippen LogP contribution >= 0.6 is 0 Å². The summed E-state index contributed by atoms with van der Waals surface area (Å²) in [4.78, 5) is 7.62. The van der Waals surface area contributed by atoms with Crippen molar-refractivity contribution in [3.63, 3.8) is 0 Å². The Balaban J connectivity index is 1.95.